The van der Waals surface area contributed by atoms with Crippen molar-refractivity contribution < 1.29 is 0 Å². The Morgan fingerprint density at radius 1 is 1.12 bits per heavy atom. The summed E-state index contributed by atoms with van der Waals surface area (Å²) in [5.74, 6) is 0.780. The second kappa shape index (κ2) is 4.30. The standard InChI is InChI=1S/C16H21N/c1-3-12-4-6-13(7-5-12)14-10-15-8-9-16(11-14)17(15)2/h3-7,14-16H,1,8-11H2,2H3. The molecule has 0 amide bonds. The van der Waals surface area contributed by atoms with Gasteiger partial charge < -0.3 is 4.90 Å². The molecule has 0 saturated carbocycles. The molecule has 3 rings (SSSR count). The zero-order chi connectivity index (χ0) is 11.8. The lowest BCUT2D eigenvalue weighted by atomic mass is 9.85. The molecule has 90 valence electrons. The molecule has 1 nitrogen and oxygen atoms in total. The summed E-state index contributed by atoms with van der Waals surface area (Å²) in [5.41, 5.74) is 2.75. The van der Waals surface area contributed by atoms with Gasteiger partial charge in [0.2, 0.25) is 0 Å². The molecule has 1 aromatic carbocycles. The highest BCUT2D eigenvalue weighted by atomic mass is 15.2. The predicted octanol–water partition coefficient (Wildman–Crippen LogP) is 3.67. The van der Waals surface area contributed by atoms with E-state index in [4.69, 9.17) is 0 Å². The van der Waals surface area contributed by atoms with E-state index in [1.54, 1.807) is 0 Å². The van der Waals surface area contributed by atoms with Crippen LogP contribution < -0.4 is 0 Å². The van der Waals surface area contributed by atoms with E-state index in [1.807, 2.05) is 6.08 Å². The fourth-order valence-electron chi connectivity index (χ4n) is 3.59. The molecule has 2 aliphatic rings. The molecular formula is C16H21N. The quantitative estimate of drug-likeness (QED) is 0.745. The van der Waals surface area contributed by atoms with E-state index in [-0.39, 0.29) is 0 Å². The lowest BCUT2D eigenvalue weighted by Gasteiger charge is -2.36. The fourth-order valence-corrected chi connectivity index (χ4v) is 3.59. The maximum absolute atomic E-state index is 3.81. The largest absolute Gasteiger partial charge is 0.300 e. The molecule has 0 aliphatic carbocycles. The van der Waals surface area contributed by atoms with Crippen LogP contribution in [0.15, 0.2) is 30.8 Å². The van der Waals surface area contributed by atoms with Crippen LogP contribution in [-0.4, -0.2) is 24.0 Å². The Morgan fingerprint density at radius 2 is 1.71 bits per heavy atom. The zero-order valence-electron chi connectivity index (χ0n) is 10.6. The van der Waals surface area contributed by atoms with Gasteiger partial charge >= 0.3 is 0 Å². The Bertz CT molecular complexity index is 392. The Morgan fingerprint density at radius 3 is 2.24 bits per heavy atom. The molecule has 2 atom stereocenters. The van der Waals surface area contributed by atoms with Gasteiger partial charge in [0.1, 0.15) is 0 Å². The highest BCUT2D eigenvalue weighted by molar-refractivity contribution is 5.47. The SMILES string of the molecule is C=Cc1ccc(C2CC3CCC(C2)N3C)cc1. The Balaban J connectivity index is 1.79. The van der Waals surface area contributed by atoms with Gasteiger partial charge in [0.25, 0.3) is 0 Å². The van der Waals surface area contributed by atoms with Crippen LogP contribution in [0.4, 0.5) is 0 Å². The number of hydrogen-bond acceptors (Lipinski definition) is 1. The number of fused-ring (bicyclic) bond motifs is 2. The molecule has 0 radical (unpaired) electrons. The third-order valence-electron chi connectivity index (χ3n) is 4.74. The molecule has 2 saturated heterocycles. The predicted molar refractivity (Wildman–Crippen MR) is 73.1 cm³/mol. The van der Waals surface area contributed by atoms with Gasteiger partial charge in [-0.05, 0) is 49.8 Å². The topological polar surface area (TPSA) is 3.24 Å². The Kier molecular flexibility index (Phi) is 2.79. The minimum absolute atomic E-state index is 0.780. The van der Waals surface area contributed by atoms with E-state index in [0.29, 0.717) is 0 Å². The highest BCUT2D eigenvalue weighted by Gasteiger charge is 2.38. The number of benzene rings is 1. The molecule has 2 fully saturated rings. The van der Waals surface area contributed by atoms with E-state index in [9.17, 15) is 0 Å². The zero-order valence-corrected chi connectivity index (χ0v) is 10.6. The first-order valence-corrected chi connectivity index (χ1v) is 6.72. The van der Waals surface area contributed by atoms with Crippen molar-refractivity contribution in [2.45, 2.75) is 43.7 Å². The molecule has 2 unspecified atom stereocenters. The van der Waals surface area contributed by atoms with Gasteiger partial charge in [0.15, 0.2) is 0 Å². The van der Waals surface area contributed by atoms with Gasteiger partial charge in [-0.25, -0.2) is 0 Å². The smallest absolute Gasteiger partial charge is 0.0102 e. The van der Waals surface area contributed by atoms with Crippen LogP contribution in [0.25, 0.3) is 6.08 Å². The Hall–Kier alpha value is -1.08. The first-order chi connectivity index (χ1) is 8.28. The third kappa shape index (κ3) is 1.93. The normalized spacial score (nSPS) is 32.6. The summed E-state index contributed by atoms with van der Waals surface area (Å²) in [7, 11) is 2.30. The first kappa shape index (κ1) is 11.0. The van der Waals surface area contributed by atoms with Crippen molar-refractivity contribution in [3.8, 4) is 0 Å². The van der Waals surface area contributed by atoms with Gasteiger partial charge in [0, 0.05) is 12.1 Å². The van der Waals surface area contributed by atoms with E-state index in [0.717, 1.165) is 18.0 Å². The van der Waals surface area contributed by atoms with E-state index < -0.39 is 0 Å². The van der Waals surface area contributed by atoms with Crippen molar-refractivity contribution in [1.82, 2.24) is 4.90 Å². The second-order valence-corrected chi connectivity index (χ2v) is 5.59. The Labute approximate surface area is 104 Å². The van der Waals surface area contributed by atoms with Gasteiger partial charge in [-0.3, -0.25) is 0 Å². The number of nitrogens with zero attached hydrogens (tertiary/aromatic N) is 1. The van der Waals surface area contributed by atoms with Crippen molar-refractivity contribution >= 4 is 6.08 Å². The molecule has 1 heteroatoms. The van der Waals surface area contributed by atoms with Crippen LogP contribution in [0.5, 0.6) is 0 Å². The van der Waals surface area contributed by atoms with E-state index in [1.165, 1.54) is 36.8 Å². The molecule has 17 heavy (non-hydrogen) atoms. The molecule has 0 N–H and O–H groups in total. The van der Waals surface area contributed by atoms with Gasteiger partial charge in [-0.1, -0.05) is 36.9 Å². The van der Waals surface area contributed by atoms with Gasteiger partial charge in [0.05, 0.1) is 0 Å². The monoisotopic (exact) mass is 227 g/mol. The molecule has 0 aromatic heterocycles. The molecule has 2 aliphatic heterocycles. The van der Waals surface area contributed by atoms with Crippen LogP contribution in [0.3, 0.4) is 0 Å². The maximum Gasteiger partial charge on any atom is 0.0102 e. The summed E-state index contributed by atoms with van der Waals surface area (Å²) in [4.78, 5) is 2.61. The van der Waals surface area contributed by atoms with Crippen molar-refractivity contribution in [3.05, 3.63) is 42.0 Å². The van der Waals surface area contributed by atoms with E-state index >= 15 is 0 Å². The van der Waals surface area contributed by atoms with Crippen molar-refractivity contribution in [3.63, 3.8) is 0 Å². The molecule has 2 bridgehead atoms. The summed E-state index contributed by atoms with van der Waals surface area (Å²) >= 11 is 0. The molecule has 2 heterocycles. The average Bonchev–Trinajstić information content (AvgIpc) is 2.61. The molecular weight excluding hydrogens is 206 g/mol. The molecule has 0 spiro atoms. The third-order valence-corrected chi connectivity index (χ3v) is 4.74. The number of hydrogen-bond donors (Lipinski definition) is 0. The van der Waals surface area contributed by atoms with Gasteiger partial charge in [-0.15, -0.1) is 0 Å². The highest BCUT2D eigenvalue weighted by Crippen LogP contribution is 2.41. The minimum Gasteiger partial charge on any atom is -0.300 e. The van der Waals surface area contributed by atoms with Crippen molar-refractivity contribution in [1.29, 1.82) is 0 Å². The van der Waals surface area contributed by atoms with Crippen LogP contribution in [0.1, 0.15) is 42.7 Å². The van der Waals surface area contributed by atoms with Crippen LogP contribution in [0, 0.1) is 0 Å². The van der Waals surface area contributed by atoms with Crippen molar-refractivity contribution in [2.75, 3.05) is 7.05 Å². The first-order valence-electron chi connectivity index (χ1n) is 6.72. The lowest BCUT2D eigenvalue weighted by molar-refractivity contribution is 0.161. The van der Waals surface area contributed by atoms with Crippen LogP contribution >= 0.6 is 0 Å². The number of rotatable bonds is 2. The van der Waals surface area contributed by atoms with Crippen molar-refractivity contribution in [2.24, 2.45) is 0 Å². The van der Waals surface area contributed by atoms with Crippen LogP contribution in [0.2, 0.25) is 0 Å². The fraction of sp³-hybridized carbons (Fsp3) is 0.500. The van der Waals surface area contributed by atoms with Gasteiger partial charge in [-0.2, -0.15) is 0 Å². The summed E-state index contributed by atoms with van der Waals surface area (Å²) in [5, 5.41) is 0. The second-order valence-electron chi connectivity index (χ2n) is 5.59. The van der Waals surface area contributed by atoms with E-state index in [2.05, 4.69) is 42.8 Å². The average molecular weight is 227 g/mol. The summed E-state index contributed by atoms with van der Waals surface area (Å²) in [6.07, 6.45) is 7.42. The molecule has 1 aromatic rings. The number of piperidine rings is 1. The summed E-state index contributed by atoms with van der Waals surface area (Å²) in [6, 6.07) is 10.7. The minimum atomic E-state index is 0.780. The summed E-state index contributed by atoms with van der Waals surface area (Å²) < 4.78 is 0. The summed E-state index contributed by atoms with van der Waals surface area (Å²) in [6.45, 7) is 3.81. The maximum atomic E-state index is 3.81. The lowest BCUT2D eigenvalue weighted by Crippen LogP contribution is -2.39. The van der Waals surface area contributed by atoms with Crippen LogP contribution in [-0.2, 0) is 0 Å².